The second-order valence-electron chi connectivity index (χ2n) is 3.87. The summed E-state index contributed by atoms with van der Waals surface area (Å²) in [6.45, 7) is 8.07. The van der Waals surface area contributed by atoms with E-state index in [9.17, 15) is 0 Å². The zero-order valence-electron chi connectivity index (χ0n) is 7.48. The Morgan fingerprint density at radius 2 is 1.82 bits per heavy atom. The Kier molecular flexibility index (Phi) is 2.52. The van der Waals surface area contributed by atoms with E-state index in [-0.39, 0.29) is 11.7 Å². The third kappa shape index (κ3) is 2.06. The van der Waals surface area contributed by atoms with Crippen molar-refractivity contribution in [3.63, 3.8) is 0 Å². The highest BCUT2D eigenvalue weighted by molar-refractivity contribution is 14.1. The molecule has 1 aliphatic rings. The van der Waals surface area contributed by atoms with Gasteiger partial charge in [0.25, 0.3) is 0 Å². The lowest BCUT2D eigenvalue weighted by Crippen LogP contribution is -2.34. The maximum absolute atomic E-state index is 5.71. The number of alkyl halides is 1. The van der Waals surface area contributed by atoms with Crippen LogP contribution in [0.5, 0.6) is 0 Å². The first kappa shape index (κ1) is 9.74. The van der Waals surface area contributed by atoms with Crippen molar-refractivity contribution in [1.29, 1.82) is 0 Å². The molecule has 0 amide bonds. The maximum Gasteiger partial charge on any atom is 0.164 e. The summed E-state index contributed by atoms with van der Waals surface area (Å²) < 4.78 is 12.4. The second kappa shape index (κ2) is 2.85. The lowest BCUT2D eigenvalue weighted by molar-refractivity contribution is -0.156. The van der Waals surface area contributed by atoms with Crippen molar-refractivity contribution in [3.8, 4) is 0 Å². The van der Waals surface area contributed by atoms with Crippen LogP contribution in [-0.2, 0) is 9.47 Å². The topological polar surface area (TPSA) is 18.5 Å². The highest BCUT2D eigenvalue weighted by Crippen LogP contribution is 2.36. The van der Waals surface area contributed by atoms with E-state index < -0.39 is 5.79 Å². The van der Waals surface area contributed by atoms with Crippen LogP contribution in [0.25, 0.3) is 0 Å². The highest BCUT2D eigenvalue weighted by Gasteiger charge is 2.46. The molecule has 0 spiro atoms. The number of halogens is 1. The van der Waals surface area contributed by atoms with E-state index in [1.165, 1.54) is 0 Å². The van der Waals surface area contributed by atoms with Gasteiger partial charge in [0.05, 0.1) is 11.7 Å². The molecule has 0 aromatic carbocycles. The normalized spacial score (nSPS) is 34.1. The van der Waals surface area contributed by atoms with Gasteiger partial charge < -0.3 is 9.47 Å². The summed E-state index contributed by atoms with van der Waals surface area (Å²) in [5.74, 6) is -0.403. The van der Waals surface area contributed by atoms with Crippen LogP contribution < -0.4 is 0 Å². The molecule has 1 saturated heterocycles. The van der Waals surface area contributed by atoms with Gasteiger partial charge in [-0.05, 0) is 27.7 Å². The van der Waals surface area contributed by atoms with Gasteiger partial charge in [-0.15, -0.1) is 0 Å². The van der Waals surface area contributed by atoms with Gasteiger partial charge in [0.1, 0.15) is 0 Å². The standard InChI is InChI=1S/C8H15IO2/c1-7(2)6(5-9)10-8(3,4)11-7/h6H,5H2,1-4H3. The summed E-state index contributed by atoms with van der Waals surface area (Å²) in [5, 5.41) is 0. The van der Waals surface area contributed by atoms with Crippen LogP contribution in [0, 0.1) is 0 Å². The fourth-order valence-electron chi connectivity index (χ4n) is 1.43. The van der Waals surface area contributed by atoms with Crippen molar-refractivity contribution in [2.24, 2.45) is 0 Å². The number of hydrogen-bond acceptors (Lipinski definition) is 2. The molecule has 1 atom stereocenters. The van der Waals surface area contributed by atoms with Gasteiger partial charge >= 0.3 is 0 Å². The average molecular weight is 270 g/mol. The van der Waals surface area contributed by atoms with E-state index >= 15 is 0 Å². The molecule has 1 heterocycles. The third-order valence-corrected chi connectivity index (χ3v) is 2.65. The van der Waals surface area contributed by atoms with Crippen molar-refractivity contribution in [2.45, 2.75) is 45.2 Å². The molecular formula is C8H15IO2. The van der Waals surface area contributed by atoms with Crippen molar-refractivity contribution in [2.75, 3.05) is 4.43 Å². The van der Waals surface area contributed by atoms with Crippen LogP contribution in [0.2, 0.25) is 0 Å². The fraction of sp³-hybridized carbons (Fsp3) is 1.00. The van der Waals surface area contributed by atoms with Gasteiger partial charge in [0, 0.05) is 4.43 Å². The van der Waals surface area contributed by atoms with Crippen LogP contribution in [0.4, 0.5) is 0 Å². The Labute approximate surface area is 81.8 Å². The van der Waals surface area contributed by atoms with Gasteiger partial charge in [0.15, 0.2) is 5.79 Å². The van der Waals surface area contributed by atoms with Crippen molar-refractivity contribution in [1.82, 2.24) is 0 Å². The first-order chi connectivity index (χ1) is 4.87. The largest absolute Gasteiger partial charge is 0.343 e. The van der Waals surface area contributed by atoms with E-state index in [1.54, 1.807) is 0 Å². The first-order valence-electron chi connectivity index (χ1n) is 3.81. The molecule has 0 saturated carbocycles. The summed E-state index contributed by atoms with van der Waals surface area (Å²) in [7, 11) is 0. The Morgan fingerprint density at radius 3 is 2.00 bits per heavy atom. The molecule has 1 aliphatic heterocycles. The summed E-state index contributed by atoms with van der Waals surface area (Å²) >= 11 is 2.33. The SMILES string of the molecule is CC1(C)OC(CI)C(C)(C)O1. The summed E-state index contributed by atoms with van der Waals surface area (Å²) in [5.41, 5.74) is -0.134. The van der Waals surface area contributed by atoms with E-state index in [2.05, 4.69) is 36.4 Å². The van der Waals surface area contributed by atoms with E-state index in [0.717, 1.165) is 4.43 Å². The first-order valence-corrected chi connectivity index (χ1v) is 5.34. The molecular weight excluding hydrogens is 255 g/mol. The molecule has 2 nitrogen and oxygen atoms in total. The third-order valence-electron chi connectivity index (χ3n) is 1.85. The predicted molar refractivity (Wildman–Crippen MR) is 53.0 cm³/mol. The van der Waals surface area contributed by atoms with Crippen molar-refractivity contribution < 1.29 is 9.47 Å². The molecule has 0 aliphatic carbocycles. The summed E-state index contributed by atoms with van der Waals surface area (Å²) in [6, 6.07) is 0. The van der Waals surface area contributed by atoms with Crippen LogP contribution in [0.3, 0.4) is 0 Å². The zero-order chi connectivity index (χ0) is 8.70. The van der Waals surface area contributed by atoms with Gasteiger partial charge in [-0.1, -0.05) is 22.6 Å². The molecule has 0 N–H and O–H groups in total. The maximum atomic E-state index is 5.71. The van der Waals surface area contributed by atoms with Gasteiger partial charge in [-0.2, -0.15) is 0 Å². The average Bonchev–Trinajstić information content (AvgIpc) is 1.99. The second-order valence-corrected chi connectivity index (χ2v) is 4.75. The molecule has 0 aromatic heterocycles. The van der Waals surface area contributed by atoms with Crippen LogP contribution in [0.1, 0.15) is 27.7 Å². The van der Waals surface area contributed by atoms with E-state index in [1.807, 2.05) is 13.8 Å². The van der Waals surface area contributed by atoms with Crippen molar-refractivity contribution >= 4 is 22.6 Å². The minimum absolute atomic E-state index is 0.134. The Hall–Kier alpha value is 0.650. The van der Waals surface area contributed by atoms with E-state index in [0.29, 0.717) is 0 Å². The minimum Gasteiger partial charge on any atom is -0.343 e. The van der Waals surface area contributed by atoms with Gasteiger partial charge in [0.2, 0.25) is 0 Å². The van der Waals surface area contributed by atoms with E-state index in [4.69, 9.17) is 9.47 Å². The monoisotopic (exact) mass is 270 g/mol. The Bertz CT molecular complexity index is 154. The quantitative estimate of drug-likeness (QED) is 0.538. The Morgan fingerprint density at radius 1 is 1.27 bits per heavy atom. The summed E-state index contributed by atoms with van der Waals surface area (Å²) in [6.07, 6.45) is 0.220. The summed E-state index contributed by atoms with van der Waals surface area (Å²) in [4.78, 5) is 0. The molecule has 0 aromatic rings. The van der Waals surface area contributed by atoms with Crippen LogP contribution in [-0.4, -0.2) is 21.9 Å². The number of ether oxygens (including phenoxy) is 2. The number of rotatable bonds is 1. The highest BCUT2D eigenvalue weighted by atomic mass is 127. The van der Waals surface area contributed by atoms with Gasteiger partial charge in [-0.25, -0.2) is 0 Å². The van der Waals surface area contributed by atoms with Crippen LogP contribution in [0.15, 0.2) is 0 Å². The molecule has 1 fully saturated rings. The molecule has 3 heteroatoms. The molecule has 11 heavy (non-hydrogen) atoms. The fourth-order valence-corrected chi connectivity index (χ4v) is 2.67. The molecule has 1 rings (SSSR count). The lowest BCUT2D eigenvalue weighted by Gasteiger charge is -2.22. The lowest BCUT2D eigenvalue weighted by atomic mass is 10.0. The zero-order valence-corrected chi connectivity index (χ0v) is 9.64. The molecule has 66 valence electrons. The molecule has 1 unspecified atom stereocenters. The Balaban J connectivity index is 2.71. The van der Waals surface area contributed by atoms with Crippen LogP contribution >= 0.6 is 22.6 Å². The molecule has 0 bridgehead atoms. The smallest absolute Gasteiger partial charge is 0.164 e. The van der Waals surface area contributed by atoms with Crippen molar-refractivity contribution in [3.05, 3.63) is 0 Å². The minimum atomic E-state index is -0.403. The predicted octanol–water partition coefficient (Wildman–Crippen LogP) is 2.35. The number of hydrogen-bond donors (Lipinski definition) is 0. The molecule has 0 radical (unpaired) electrons. The van der Waals surface area contributed by atoms with Gasteiger partial charge in [-0.3, -0.25) is 0 Å².